The van der Waals surface area contributed by atoms with Crippen LogP contribution in [0.4, 0.5) is 4.79 Å². The molecular weight excluding hydrogens is 270 g/mol. The lowest BCUT2D eigenvalue weighted by Crippen LogP contribution is -2.49. The number of amides is 3. The zero-order valence-corrected chi connectivity index (χ0v) is 11.7. The van der Waals surface area contributed by atoms with Crippen LogP contribution in [0.2, 0.25) is 0 Å². The summed E-state index contributed by atoms with van der Waals surface area (Å²) in [7, 11) is 0. The van der Waals surface area contributed by atoms with Crippen LogP contribution in [0.3, 0.4) is 0 Å². The van der Waals surface area contributed by atoms with Gasteiger partial charge in [-0.25, -0.2) is 9.59 Å². The molecule has 3 N–H and O–H groups in total. The maximum absolute atomic E-state index is 11.9. The number of rotatable bonds is 5. The Bertz CT molecular complexity index is 351. The molecule has 1 aliphatic rings. The summed E-state index contributed by atoms with van der Waals surface area (Å²) in [5.74, 6) is -0.622. The second-order valence-electron chi connectivity index (χ2n) is 4.25. The van der Waals surface area contributed by atoms with Gasteiger partial charge < -0.3 is 20.6 Å². The maximum Gasteiger partial charge on any atom is 0.326 e. The first-order valence-electron chi connectivity index (χ1n) is 6.08. The summed E-state index contributed by atoms with van der Waals surface area (Å²) in [5.41, 5.74) is 0. The number of carbonyl (C=O) groups is 3. The Morgan fingerprint density at radius 2 is 2.32 bits per heavy atom. The zero-order chi connectivity index (χ0) is 14.3. The van der Waals surface area contributed by atoms with Crippen LogP contribution in [0, 0.1) is 0 Å². The van der Waals surface area contributed by atoms with Gasteiger partial charge in [0.2, 0.25) is 5.91 Å². The van der Waals surface area contributed by atoms with Crippen LogP contribution in [-0.2, 0) is 9.59 Å². The van der Waals surface area contributed by atoms with Crippen molar-refractivity contribution in [1.82, 2.24) is 15.5 Å². The average molecular weight is 289 g/mol. The second kappa shape index (κ2) is 7.88. The van der Waals surface area contributed by atoms with E-state index < -0.39 is 18.0 Å². The molecule has 0 aromatic carbocycles. The molecule has 1 rings (SSSR count). The van der Waals surface area contributed by atoms with E-state index in [4.69, 9.17) is 5.11 Å². The highest BCUT2D eigenvalue weighted by Crippen LogP contribution is 2.03. The maximum atomic E-state index is 11.9. The van der Waals surface area contributed by atoms with Crippen LogP contribution >= 0.6 is 11.8 Å². The Hall–Kier alpha value is -1.44. The van der Waals surface area contributed by atoms with Gasteiger partial charge in [0.05, 0.1) is 0 Å². The number of urea groups is 1. The molecule has 0 aliphatic carbocycles. The average Bonchev–Trinajstić information content (AvgIpc) is 2.58. The van der Waals surface area contributed by atoms with E-state index in [9.17, 15) is 14.4 Å². The molecule has 0 saturated carbocycles. The predicted molar refractivity (Wildman–Crippen MR) is 72.2 cm³/mol. The molecule has 108 valence electrons. The highest BCUT2D eigenvalue weighted by molar-refractivity contribution is 7.98. The van der Waals surface area contributed by atoms with Crippen molar-refractivity contribution in [2.75, 3.05) is 31.6 Å². The molecule has 19 heavy (non-hydrogen) atoms. The van der Waals surface area contributed by atoms with Gasteiger partial charge in [-0.3, -0.25) is 4.79 Å². The molecule has 8 heteroatoms. The standard InChI is InChI=1S/C11H19N3O4S/c1-19-6-3-8(10(16)17)13-11(18)14-5-2-4-12-9(15)7-14/h8H,2-7H2,1H3,(H,12,15)(H,13,18)(H,16,17). The third-order valence-electron chi connectivity index (χ3n) is 2.76. The van der Waals surface area contributed by atoms with Crippen LogP contribution in [0.15, 0.2) is 0 Å². The van der Waals surface area contributed by atoms with Gasteiger partial charge in [-0.15, -0.1) is 0 Å². The topological polar surface area (TPSA) is 98.7 Å². The summed E-state index contributed by atoms with van der Waals surface area (Å²) in [6.07, 6.45) is 2.91. The summed E-state index contributed by atoms with van der Waals surface area (Å²) < 4.78 is 0. The molecule has 7 nitrogen and oxygen atoms in total. The molecule has 0 bridgehead atoms. The fourth-order valence-corrected chi connectivity index (χ4v) is 2.18. The molecule has 0 spiro atoms. The smallest absolute Gasteiger partial charge is 0.326 e. The lowest BCUT2D eigenvalue weighted by molar-refractivity contribution is -0.139. The van der Waals surface area contributed by atoms with Crippen molar-refractivity contribution in [2.24, 2.45) is 0 Å². The minimum Gasteiger partial charge on any atom is -0.480 e. The van der Waals surface area contributed by atoms with Gasteiger partial charge in [-0.2, -0.15) is 11.8 Å². The zero-order valence-electron chi connectivity index (χ0n) is 10.8. The number of carboxylic acids is 1. The normalized spacial score (nSPS) is 17.3. The van der Waals surface area contributed by atoms with Crippen molar-refractivity contribution < 1.29 is 19.5 Å². The highest BCUT2D eigenvalue weighted by Gasteiger charge is 2.25. The van der Waals surface area contributed by atoms with Crippen LogP contribution in [0.25, 0.3) is 0 Å². The highest BCUT2D eigenvalue weighted by atomic mass is 32.2. The van der Waals surface area contributed by atoms with Crippen molar-refractivity contribution >= 4 is 29.7 Å². The molecule has 1 fully saturated rings. The third-order valence-corrected chi connectivity index (χ3v) is 3.40. The summed E-state index contributed by atoms with van der Waals surface area (Å²) in [6.45, 7) is 0.956. The largest absolute Gasteiger partial charge is 0.480 e. The van der Waals surface area contributed by atoms with Crippen molar-refractivity contribution in [3.63, 3.8) is 0 Å². The Kier molecular flexibility index (Phi) is 6.48. The quantitative estimate of drug-likeness (QED) is 0.647. The molecule has 1 heterocycles. The molecular formula is C11H19N3O4S. The number of aliphatic carboxylic acids is 1. The molecule has 1 atom stereocenters. The van der Waals surface area contributed by atoms with E-state index in [2.05, 4.69) is 10.6 Å². The summed E-state index contributed by atoms with van der Waals surface area (Å²) >= 11 is 1.52. The molecule has 3 amide bonds. The van der Waals surface area contributed by atoms with Crippen molar-refractivity contribution in [3.05, 3.63) is 0 Å². The van der Waals surface area contributed by atoms with Gasteiger partial charge in [-0.05, 0) is 24.9 Å². The minimum atomic E-state index is -1.05. The first-order chi connectivity index (χ1) is 9.04. The van der Waals surface area contributed by atoms with E-state index in [1.165, 1.54) is 16.7 Å². The van der Waals surface area contributed by atoms with Crippen molar-refractivity contribution in [2.45, 2.75) is 18.9 Å². The number of hydrogen-bond donors (Lipinski definition) is 3. The van der Waals surface area contributed by atoms with E-state index >= 15 is 0 Å². The van der Waals surface area contributed by atoms with Crippen LogP contribution in [0.1, 0.15) is 12.8 Å². The second-order valence-corrected chi connectivity index (χ2v) is 5.23. The number of thioether (sulfide) groups is 1. The van der Waals surface area contributed by atoms with Gasteiger partial charge in [0.25, 0.3) is 0 Å². The molecule has 1 aliphatic heterocycles. The number of carboxylic acid groups (broad SMARTS) is 1. The SMILES string of the molecule is CSCCC(NC(=O)N1CCCNC(=O)C1)C(=O)O. The Morgan fingerprint density at radius 1 is 1.58 bits per heavy atom. The van der Waals surface area contributed by atoms with Crippen LogP contribution in [0.5, 0.6) is 0 Å². The van der Waals surface area contributed by atoms with E-state index in [0.717, 1.165) is 0 Å². The summed E-state index contributed by atoms with van der Waals surface area (Å²) in [5, 5.41) is 14.2. The van der Waals surface area contributed by atoms with Gasteiger partial charge in [-0.1, -0.05) is 0 Å². The Morgan fingerprint density at radius 3 is 2.95 bits per heavy atom. The van der Waals surface area contributed by atoms with Crippen LogP contribution in [-0.4, -0.2) is 65.6 Å². The Labute approximate surface area is 116 Å². The fraction of sp³-hybridized carbons (Fsp3) is 0.727. The van der Waals surface area contributed by atoms with E-state index in [1.54, 1.807) is 0 Å². The number of nitrogens with zero attached hydrogens (tertiary/aromatic N) is 1. The minimum absolute atomic E-state index is 0.0271. The predicted octanol–water partition coefficient (Wildman–Crippen LogP) is -0.276. The summed E-state index contributed by atoms with van der Waals surface area (Å²) in [4.78, 5) is 35.7. The lowest BCUT2D eigenvalue weighted by Gasteiger charge is -2.22. The fourth-order valence-electron chi connectivity index (χ4n) is 1.71. The van der Waals surface area contributed by atoms with Gasteiger partial charge in [0.1, 0.15) is 12.6 Å². The molecule has 0 aromatic heterocycles. The van der Waals surface area contributed by atoms with Gasteiger partial charge >= 0.3 is 12.0 Å². The van der Waals surface area contributed by atoms with E-state index in [1.807, 2.05) is 6.26 Å². The first-order valence-corrected chi connectivity index (χ1v) is 7.48. The third kappa shape index (κ3) is 5.37. The first kappa shape index (κ1) is 15.6. The van der Waals surface area contributed by atoms with Gasteiger partial charge in [0.15, 0.2) is 0 Å². The van der Waals surface area contributed by atoms with Gasteiger partial charge in [0, 0.05) is 13.1 Å². The van der Waals surface area contributed by atoms with Crippen molar-refractivity contribution in [3.8, 4) is 0 Å². The molecule has 0 aromatic rings. The number of hydrogen-bond acceptors (Lipinski definition) is 4. The molecule has 1 saturated heterocycles. The molecule has 1 unspecified atom stereocenters. The van der Waals surface area contributed by atoms with Crippen LogP contribution < -0.4 is 10.6 Å². The lowest BCUT2D eigenvalue weighted by atomic mass is 10.2. The number of nitrogens with one attached hydrogen (secondary N) is 2. The van der Waals surface area contributed by atoms with E-state index in [-0.39, 0.29) is 12.5 Å². The monoisotopic (exact) mass is 289 g/mol. The molecule has 0 radical (unpaired) electrons. The Balaban J connectivity index is 2.54. The number of carbonyl (C=O) groups excluding carboxylic acids is 2. The summed E-state index contributed by atoms with van der Waals surface area (Å²) in [6, 6.07) is -1.41. The van der Waals surface area contributed by atoms with E-state index in [0.29, 0.717) is 31.7 Å². The van der Waals surface area contributed by atoms with Crippen molar-refractivity contribution in [1.29, 1.82) is 0 Å².